The molecule has 3 aromatic rings. The van der Waals surface area contributed by atoms with Crippen molar-refractivity contribution in [3.8, 4) is 23.1 Å². The molecule has 1 aromatic heterocycles. The van der Waals surface area contributed by atoms with Crippen LogP contribution in [-0.4, -0.2) is 4.98 Å². The summed E-state index contributed by atoms with van der Waals surface area (Å²) in [6.07, 6.45) is 1.93. The first-order chi connectivity index (χ1) is 9.83. The van der Waals surface area contributed by atoms with Crippen LogP contribution in [0.4, 0.5) is 0 Å². The summed E-state index contributed by atoms with van der Waals surface area (Å²) in [5.74, 6) is 6.46. The summed E-state index contributed by atoms with van der Waals surface area (Å²) < 4.78 is 0. The van der Waals surface area contributed by atoms with Gasteiger partial charge in [0.2, 0.25) is 0 Å². The molecule has 0 spiro atoms. The third-order valence-corrected chi connectivity index (χ3v) is 3.20. The van der Waals surface area contributed by atoms with Gasteiger partial charge in [0.15, 0.2) is 0 Å². The number of hydrogen-bond acceptors (Lipinski definition) is 0. The Bertz CT molecular complexity index is 753. The Kier molecular flexibility index (Phi) is 3.39. The molecule has 0 atom stereocenters. The van der Waals surface area contributed by atoms with Crippen LogP contribution in [-0.2, 0) is 0 Å². The van der Waals surface area contributed by atoms with Gasteiger partial charge in [0, 0.05) is 11.8 Å². The average Bonchev–Trinajstić information content (AvgIpc) is 2.96. The first kappa shape index (κ1) is 12.3. The summed E-state index contributed by atoms with van der Waals surface area (Å²) >= 11 is 0. The Morgan fingerprint density at radius 1 is 0.800 bits per heavy atom. The highest BCUT2D eigenvalue weighted by Crippen LogP contribution is 2.20. The summed E-state index contributed by atoms with van der Waals surface area (Å²) in [6, 6.07) is 20.5. The monoisotopic (exact) mass is 257 g/mol. The summed E-state index contributed by atoms with van der Waals surface area (Å²) in [5, 5.41) is 0. The number of rotatable bonds is 1. The number of hydrogen-bond donors (Lipinski definition) is 1. The lowest BCUT2D eigenvalue weighted by atomic mass is 10.1. The van der Waals surface area contributed by atoms with E-state index in [4.69, 9.17) is 0 Å². The van der Waals surface area contributed by atoms with Crippen molar-refractivity contribution in [1.82, 2.24) is 4.98 Å². The van der Waals surface area contributed by atoms with E-state index in [1.165, 1.54) is 5.56 Å². The molecule has 1 nitrogen and oxygen atoms in total. The molecule has 0 bridgehead atoms. The zero-order valence-corrected chi connectivity index (χ0v) is 11.4. The first-order valence-electron chi connectivity index (χ1n) is 6.64. The van der Waals surface area contributed by atoms with Crippen LogP contribution in [0.25, 0.3) is 11.3 Å². The van der Waals surface area contributed by atoms with E-state index in [9.17, 15) is 0 Å². The van der Waals surface area contributed by atoms with Crippen molar-refractivity contribution in [2.45, 2.75) is 6.92 Å². The van der Waals surface area contributed by atoms with Gasteiger partial charge in [-0.25, -0.2) is 0 Å². The van der Waals surface area contributed by atoms with Gasteiger partial charge < -0.3 is 4.98 Å². The van der Waals surface area contributed by atoms with Crippen molar-refractivity contribution in [3.63, 3.8) is 0 Å². The maximum absolute atomic E-state index is 3.26. The molecule has 0 radical (unpaired) electrons. The van der Waals surface area contributed by atoms with E-state index < -0.39 is 0 Å². The number of aryl methyl sites for hydroxylation is 1. The van der Waals surface area contributed by atoms with Crippen molar-refractivity contribution in [1.29, 1.82) is 0 Å². The van der Waals surface area contributed by atoms with E-state index in [1.807, 2.05) is 30.5 Å². The van der Waals surface area contributed by atoms with E-state index >= 15 is 0 Å². The fraction of sp³-hybridized carbons (Fsp3) is 0.0526. The van der Waals surface area contributed by atoms with Crippen LogP contribution in [0.2, 0.25) is 0 Å². The van der Waals surface area contributed by atoms with E-state index in [2.05, 4.69) is 60.1 Å². The number of aromatic amines is 1. The highest BCUT2D eigenvalue weighted by atomic mass is 14.7. The average molecular weight is 257 g/mol. The number of aromatic nitrogens is 1. The second kappa shape index (κ2) is 5.50. The fourth-order valence-corrected chi connectivity index (χ4v) is 2.09. The Hall–Kier alpha value is -2.72. The van der Waals surface area contributed by atoms with Crippen molar-refractivity contribution < 1.29 is 0 Å². The zero-order chi connectivity index (χ0) is 13.8. The molecule has 0 amide bonds. The predicted octanol–water partition coefficient (Wildman–Crippen LogP) is 4.39. The minimum Gasteiger partial charge on any atom is -0.360 e. The molecule has 1 heteroatoms. The van der Waals surface area contributed by atoms with Crippen LogP contribution in [0, 0.1) is 18.8 Å². The molecule has 20 heavy (non-hydrogen) atoms. The summed E-state index contributed by atoms with van der Waals surface area (Å²) in [7, 11) is 0. The van der Waals surface area contributed by atoms with Crippen LogP contribution < -0.4 is 0 Å². The van der Waals surface area contributed by atoms with E-state index in [0.29, 0.717) is 0 Å². The first-order valence-corrected chi connectivity index (χ1v) is 6.64. The third kappa shape index (κ3) is 2.65. The highest BCUT2D eigenvalue weighted by Gasteiger charge is 2.02. The molecular weight excluding hydrogens is 242 g/mol. The van der Waals surface area contributed by atoms with Gasteiger partial charge in [-0.05, 0) is 30.7 Å². The molecule has 0 aliphatic rings. The van der Waals surface area contributed by atoms with Gasteiger partial charge in [-0.1, -0.05) is 59.9 Å². The number of H-pyrrole nitrogens is 1. The van der Waals surface area contributed by atoms with Crippen LogP contribution in [0.3, 0.4) is 0 Å². The lowest BCUT2D eigenvalue weighted by Crippen LogP contribution is -1.81. The van der Waals surface area contributed by atoms with Gasteiger partial charge in [-0.2, -0.15) is 0 Å². The van der Waals surface area contributed by atoms with Crippen molar-refractivity contribution in [2.75, 3.05) is 0 Å². The second-order valence-corrected chi connectivity index (χ2v) is 4.75. The summed E-state index contributed by atoms with van der Waals surface area (Å²) in [5.41, 5.74) is 5.55. The Morgan fingerprint density at radius 3 is 2.30 bits per heavy atom. The molecule has 0 saturated carbocycles. The minimum atomic E-state index is 1.02. The minimum absolute atomic E-state index is 1.02. The zero-order valence-electron chi connectivity index (χ0n) is 11.4. The molecule has 0 fully saturated rings. The Morgan fingerprint density at radius 2 is 1.55 bits per heavy atom. The molecule has 2 aromatic carbocycles. The quantitative estimate of drug-likeness (QED) is 0.622. The Labute approximate surface area is 119 Å². The van der Waals surface area contributed by atoms with Crippen molar-refractivity contribution in [3.05, 3.63) is 83.6 Å². The van der Waals surface area contributed by atoms with Crippen LogP contribution in [0.15, 0.2) is 66.9 Å². The topological polar surface area (TPSA) is 15.8 Å². The van der Waals surface area contributed by atoms with Gasteiger partial charge >= 0.3 is 0 Å². The number of nitrogens with one attached hydrogen (secondary N) is 1. The maximum Gasteiger partial charge on any atom is 0.0613 e. The molecule has 1 N–H and O–H groups in total. The molecule has 0 aliphatic carbocycles. The summed E-state index contributed by atoms with van der Waals surface area (Å²) in [4.78, 5) is 3.26. The highest BCUT2D eigenvalue weighted by molar-refractivity contribution is 5.68. The van der Waals surface area contributed by atoms with E-state index in [-0.39, 0.29) is 0 Å². The summed E-state index contributed by atoms with van der Waals surface area (Å²) in [6.45, 7) is 2.08. The smallest absolute Gasteiger partial charge is 0.0613 e. The van der Waals surface area contributed by atoms with Gasteiger partial charge in [-0.15, -0.1) is 0 Å². The van der Waals surface area contributed by atoms with Crippen LogP contribution in [0.5, 0.6) is 0 Å². The SMILES string of the molecule is Cc1ccc(C#Cc2cc[nH]c2-c2ccccc2)cc1. The van der Waals surface area contributed by atoms with Crippen LogP contribution in [0.1, 0.15) is 16.7 Å². The second-order valence-electron chi connectivity index (χ2n) is 4.75. The lowest BCUT2D eigenvalue weighted by molar-refractivity contribution is 1.40. The molecule has 0 saturated heterocycles. The number of benzene rings is 2. The molecule has 1 heterocycles. The third-order valence-electron chi connectivity index (χ3n) is 3.20. The van der Waals surface area contributed by atoms with E-state index in [0.717, 1.165) is 22.4 Å². The van der Waals surface area contributed by atoms with Gasteiger partial charge in [-0.3, -0.25) is 0 Å². The molecule has 0 unspecified atom stereocenters. The van der Waals surface area contributed by atoms with Crippen molar-refractivity contribution in [2.24, 2.45) is 0 Å². The molecule has 3 rings (SSSR count). The standard InChI is InChI=1S/C19H15N/c1-15-7-9-16(10-8-15)11-12-18-13-14-20-19(18)17-5-3-2-4-6-17/h2-10,13-14,20H,1H3. The van der Waals surface area contributed by atoms with Gasteiger partial charge in [0.25, 0.3) is 0 Å². The van der Waals surface area contributed by atoms with Crippen LogP contribution >= 0.6 is 0 Å². The Balaban J connectivity index is 1.94. The van der Waals surface area contributed by atoms with Gasteiger partial charge in [0.1, 0.15) is 0 Å². The predicted molar refractivity (Wildman–Crippen MR) is 83.4 cm³/mol. The van der Waals surface area contributed by atoms with E-state index in [1.54, 1.807) is 0 Å². The molecule has 0 aliphatic heterocycles. The van der Waals surface area contributed by atoms with Gasteiger partial charge in [0.05, 0.1) is 11.3 Å². The lowest BCUT2D eigenvalue weighted by Gasteiger charge is -1.98. The maximum atomic E-state index is 3.26. The normalized spacial score (nSPS) is 9.85. The fourth-order valence-electron chi connectivity index (χ4n) is 2.09. The molecular formula is C19H15N. The largest absolute Gasteiger partial charge is 0.360 e. The van der Waals surface area contributed by atoms with Crippen molar-refractivity contribution >= 4 is 0 Å². The molecule has 96 valence electrons.